The lowest BCUT2D eigenvalue weighted by Crippen LogP contribution is -2.42. The van der Waals surface area contributed by atoms with Crippen LogP contribution in [0.15, 0.2) is 18.2 Å². The van der Waals surface area contributed by atoms with Crippen LogP contribution in [0.3, 0.4) is 0 Å². The normalized spacial score (nSPS) is 17.5. The predicted octanol–water partition coefficient (Wildman–Crippen LogP) is 3.57. The highest BCUT2D eigenvalue weighted by atomic mass is 35.5. The Labute approximate surface area is 113 Å². The molecule has 1 aliphatic heterocycles. The minimum Gasteiger partial charge on any atom is -0.370 e. The van der Waals surface area contributed by atoms with E-state index in [-0.39, 0.29) is 0 Å². The van der Waals surface area contributed by atoms with Crippen LogP contribution in [0.1, 0.15) is 19.8 Å². The van der Waals surface area contributed by atoms with Gasteiger partial charge in [-0.3, -0.25) is 0 Å². The van der Waals surface area contributed by atoms with Crippen LogP contribution in [0, 0.1) is 0 Å². The number of hydrogen-bond acceptors (Lipinski definition) is 2. The highest BCUT2D eigenvalue weighted by Gasteiger charge is 2.20. The summed E-state index contributed by atoms with van der Waals surface area (Å²) in [6, 6.07) is 6.31. The molecule has 0 spiro atoms. The summed E-state index contributed by atoms with van der Waals surface area (Å²) in [5.74, 6) is 0. The molecule has 1 saturated heterocycles. The molecule has 17 heavy (non-hydrogen) atoms. The van der Waals surface area contributed by atoms with Crippen molar-refractivity contribution in [1.82, 2.24) is 5.32 Å². The Kier molecular flexibility index (Phi) is 4.55. The van der Waals surface area contributed by atoms with Crippen LogP contribution in [0.4, 0.5) is 5.69 Å². The first-order valence-electron chi connectivity index (χ1n) is 6.14. The van der Waals surface area contributed by atoms with Crippen molar-refractivity contribution in [1.29, 1.82) is 0 Å². The molecule has 0 saturated carbocycles. The lowest BCUT2D eigenvalue weighted by atomic mass is 10.0. The van der Waals surface area contributed by atoms with Crippen molar-refractivity contribution in [2.75, 3.05) is 24.5 Å². The zero-order valence-electron chi connectivity index (χ0n) is 10.0. The lowest BCUT2D eigenvalue weighted by molar-refractivity contribution is 0.424. The zero-order chi connectivity index (χ0) is 12.3. The zero-order valence-corrected chi connectivity index (χ0v) is 11.6. The fourth-order valence-corrected chi connectivity index (χ4v) is 2.74. The lowest BCUT2D eigenvalue weighted by Gasteiger charge is -2.34. The fourth-order valence-electron chi connectivity index (χ4n) is 2.34. The van der Waals surface area contributed by atoms with Gasteiger partial charge in [-0.15, -0.1) is 0 Å². The van der Waals surface area contributed by atoms with Gasteiger partial charge in [0.1, 0.15) is 0 Å². The molecule has 2 nitrogen and oxygen atoms in total. The van der Waals surface area contributed by atoms with Crippen molar-refractivity contribution in [2.45, 2.75) is 25.8 Å². The van der Waals surface area contributed by atoms with Gasteiger partial charge >= 0.3 is 0 Å². The van der Waals surface area contributed by atoms with Crippen molar-refractivity contribution in [3.63, 3.8) is 0 Å². The number of anilines is 1. The van der Waals surface area contributed by atoms with Gasteiger partial charge in [0.25, 0.3) is 0 Å². The average molecular weight is 273 g/mol. The molecule has 0 radical (unpaired) electrons. The predicted molar refractivity (Wildman–Crippen MR) is 75.4 cm³/mol. The van der Waals surface area contributed by atoms with E-state index in [9.17, 15) is 0 Å². The molecule has 1 aromatic carbocycles. The van der Waals surface area contributed by atoms with Crippen LogP contribution < -0.4 is 10.2 Å². The topological polar surface area (TPSA) is 15.3 Å². The van der Waals surface area contributed by atoms with Gasteiger partial charge in [-0.2, -0.15) is 0 Å². The number of nitrogens with zero attached hydrogens (tertiary/aromatic N) is 1. The van der Waals surface area contributed by atoms with E-state index in [1.54, 1.807) is 0 Å². The van der Waals surface area contributed by atoms with Gasteiger partial charge in [-0.1, -0.05) is 30.1 Å². The minimum atomic E-state index is 0.647. The van der Waals surface area contributed by atoms with E-state index in [1.807, 2.05) is 18.2 Å². The standard InChI is InChI=1S/C13H18Cl2N2/c1-2-16-11-5-7-17(8-6-11)13-9-10(14)3-4-12(13)15/h3-4,9,11,16H,2,5-8H2,1H3. The number of nitrogens with one attached hydrogen (secondary N) is 1. The van der Waals surface area contributed by atoms with Crippen LogP contribution in [0.25, 0.3) is 0 Å². The average Bonchev–Trinajstić information content (AvgIpc) is 2.34. The smallest absolute Gasteiger partial charge is 0.0640 e. The highest BCUT2D eigenvalue weighted by Crippen LogP contribution is 2.30. The summed E-state index contributed by atoms with van der Waals surface area (Å²) in [6.07, 6.45) is 2.33. The van der Waals surface area contributed by atoms with Crippen LogP contribution >= 0.6 is 23.2 Å². The Hall–Kier alpha value is -0.440. The third kappa shape index (κ3) is 3.27. The van der Waals surface area contributed by atoms with Gasteiger partial charge in [-0.05, 0) is 37.6 Å². The molecule has 94 valence electrons. The van der Waals surface area contributed by atoms with Gasteiger partial charge in [0.2, 0.25) is 0 Å². The van der Waals surface area contributed by atoms with Crippen molar-refractivity contribution in [2.24, 2.45) is 0 Å². The molecule has 0 amide bonds. The maximum Gasteiger partial charge on any atom is 0.0640 e. The van der Waals surface area contributed by atoms with E-state index < -0.39 is 0 Å². The molecule has 1 fully saturated rings. The SMILES string of the molecule is CCNC1CCN(c2cc(Cl)ccc2Cl)CC1. The molecule has 0 unspecified atom stereocenters. The highest BCUT2D eigenvalue weighted by molar-refractivity contribution is 6.35. The summed E-state index contributed by atoms with van der Waals surface area (Å²) in [5.41, 5.74) is 1.06. The minimum absolute atomic E-state index is 0.647. The molecule has 4 heteroatoms. The molecule has 1 N–H and O–H groups in total. The third-order valence-corrected chi connectivity index (χ3v) is 3.79. The monoisotopic (exact) mass is 272 g/mol. The number of halogens is 2. The first-order valence-corrected chi connectivity index (χ1v) is 6.89. The van der Waals surface area contributed by atoms with Crippen LogP contribution in [-0.2, 0) is 0 Å². The van der Waals surface area contributed by atoms with Gasteiger partial charge < -0.3 is 10.2 Å². The second-order valence-electron chi connectivity index (χ2n) is 4.41. The van der Waals surface area contributed by atoms with Crippen molar-refractivity contribution >= 4 is 28.9 Å². The van der Waals surface area contributed by atoms with Crippen LogP contribution in [0.2, 0.25) is 10.0 Å². The molecule has 0 aliphatic carbocycles. The summed E-state index contributed by atoms with van der Waals surface area (Å²) in [5, 5.41) is 5.03. The van der Waals surface area contributed by atoms with Gasteiger partial charge in [-0.25, -0.2) is 0 Å². The molecule has 0 bridgehead atoms. The summed E-state index contributed by atoms with van der Waals surface area (Å²) in [6.45, 7) is 5.28. The molecular formula is C13H18Cl2N2. The first kappa shape index (κ1) is 13.0. The van der Waals surface area contributed by atoms with Crippen molar-refractivity contribution in [3.8, 4) is 0 Å². The Morgan fingerprint density at radius 1 is 1.29 bits per heavy atom. The first-order chi connectivity index (χ1) is 8.20. The maximum atomic E-state index is 6.21. The van der Waals surface area contributed by atoms with E-state index in [4.69, 9.17) is 23.2 Å². The molecule has 1 aliphatic rings. The van der Waals surface area contributed by atoms with Gasteiger partial charge in [0.15, 0.2) is 0 Å². The maximum absolute atomic E-state index is 6.21. The van der Waals surface area contributed by atoms with Crippen molar-refractivity contribution < 1.29 is 0 Å². The Bertz CT molecular complexity index is 374. The third-order valence-electron chi connectivity index (χ3n) is 3.24. The number of piperidine rings is 1. The molecular weight excluding hydrogens is 255 g/mol. The number of rotatable bonds is 3. The Morgan fingerprint density at radius 3 is 2.65 bits per heavy atom. The summed E-state index contributed by atoms with van der Waals surface area (Å²) < 4.78 is 0. The van der Waals surface area contributed by atoms with Crippen molar-refractivity contribution in [3.05, 3.63) is 28.2 Å². The second kappa shape index (κ2) is 5.94. The van der Waals surface area contributed by atoms with Gasteiger partial charge in [0, 0.05) is 24.2 Å². The van der Waals surface area contributed by atoms with Crippen LogP contribution in [-0.4, -0.2) is 25.7 Å². The summed E-state index contributed by atoms with van der Waals surface area (Å²) in [7, 11) is 0. The van der Waals surface area contributed by atoms with E-state index in [0.29, 0.717) is 6.04 Å². The number of benzene rings is 1. The largest absolute Gasteiger partial charge is 0.370 e. The molecule has 0 aromatic heterocycles. The summed E-state index contributed by atoms with van der Waals surface area (Å²) >= 11 is 12.2. The Morgan fingerprint density at radius 2 is 2.00 bits per heavy atom. The van der Waals surface area contributed by atoms with E-state index in [1.165, 1.54) is 0 Å². The number of hydrogen-bond donors (Lipinski definition) is 1. The Balaban J connectivity index is 2.02. The molecule has 1 heterocycles. The van der Waals surface area contributed by atoms with E-state index >= 15 is 0 Å². The molecule has 0 atom stereocenters. The summed E-state index contributed by atoms with van der Waals surface area (Å²) in [4.78, 5) is 2.32. The molecule has 2 rings (SSSR count). The quantitative estimate of drug-likeness (QED) is 0.905. The van der Waals surface area contributed by atoms with E-state index in [2.05, 4.69) is 17.1 Å². The van der Waals surface area contributed by atoms with Gasteiger partial charge in [0.05, 0.1) is 10.7 Å². The van der Waals surface area contributed by atoms with Crippen LogP contribution in [0.5, 0.6) is 0 Å². The second-order valence-corrected chi connectivity index (χ2v) is 5.26. The molecule has 1 aromatic rings. The van der Waals surface area contributed by atoms with E-state index in [0.717, 1.165) is 48.2 Å². The fraction of sp³-hybridized carbons (Fsp3) is 0.538.